The Morgan fingerprint density at radius 1 is 1.12 bits per heavy atom. The Morgan fingerprint density at radius 3 is 2.60 bits per heavy atom. The molecule has 1 N–H and O–H groups in total. The van der Waals surface area contributed by atoms with Gasteiger partial charge in [-0.3, -0.25) is 4.79 Å². The van der Waals surface area contributed by atoms with Gasteiger partial charge >= 0.3 is 0 Å². The van der Waals surface area contributed by atoms with Gasteiger partial charge in [-0.25, -0.2) is 0 Å². The molecule has 0 aromatic heterocycles. The second kappa shape index (κ2) is 9.97. The van der Waals surface area contributed by atoms with Crippen LogP contribution in [0.3, 0.4) is 0 Å². The Hall–Kier alpha value is -1.33. The Kier molecular flexibility index (Phi) is 7.97. The number of nitrogens with one attached hydrogen (secondary N) is 1. The van der Waals surface area contributed by atoms with E-state index in [1.807, 2.05) is 24.3 Å². The van der Waals surface area contributed by atoms with Crippen molar-refractivity contribution >= 4 is 43.5 Å². The second-order valence-corrected chi connectivity index (χ2v) is 7.63. The van der Waals surface area contributed by atoms with Crippen LogP contribution in [-0.4, -0.2) is 12.5 Å². The monoisotopic (exact) mass is 467 g/mol. The van der Waals surface area contributed by atoms with Crippen molar-refractivity contribution in [1.29, 1.82) is 0 Å². The molecule has 0 aliphatic rings. The largest absolute Gasteiger partial charge is 0.483 e. The van der Waals surface area contributed by atoms with Gasteiger partial charge in [0.25, 0.3) is 5.91 Å². The summed E-state index contributed by atoms with van der Waals surface area (Å²) >= 11 is 6.98. The molecule has 0 spiro atoms. The van der Waals surface area contributed by atoms with Crippen LogP contribution in [0.5, 0.6) is 5.75 Å². The average molecular weight is 469 g/mol. The first-order valence-corrected chi connectivity index (χ1v) is 10.1. The standard InChI is InChI=1S/C20H23Br2NO2/c1-3-5-6-14-7-9-18(17(22)11-14)23-20(24)13-25-19-10-8-16(21)12-15(19)4-2/h7-12H,3-6,13H2,1-2H3,(H,23,24). The van der Waals surface area contributed by atoms with E-state index in [-0.39, 0.29) is 12.5 Å². The van der Waals surface area contributed by atoms with Crippen molar-refractivity contribution in [3.8, 4) is 5.75 Å². The minimum Gasteiger partial charge on any atom is -0.483 e. The van der Waals surface area contributed by atoms with E-state index >= 15 is 0 Å². The number of amides is 1. The molecule has 0 saturated heterocycles. The van der Waals surface area contributed by atoms with Crippen LogP contribution in [0.4, 0.5) is 5.69 Å². The number of unbranched alkanes of at least 4 members (excludes halogenated alkanes) is 1. The fourth-order valence-corrected chi connectivity index (χ4v) is 3.42. The summed E-state index contributed by atoms with van der Waals surface area (Å²) in [5.74, 6) is 0.571. The molecule has 2 aromatic rings. The summed E-state index contributed by atoms with van der Waals surface area (Å²) in [5.41, 5.74) is 3.11. The lowest BCUT2D eigenvalue weighted by Gasteiger charge is -2.12. The smallest absolute Gasteiger partial charge is 0.262 e. The summed E-state index contributed by atoms with van der Waals surface area (Å²) < 4.78 is 7.59. The summed E-state index contributed by atoms with van der Waals surface area (Å²) in [7, 11) is 0. The summed E-state index contributed by atoms with van der Waals surface area (Å²) in [6.45, 7) is 4.23. The van der Waals surface area contributed by atoms with E-state index in [4.69, 9.17) is 4.74 Å². The molecule has 1 amide bonds. The summed E-state index contributed by atoms with van der Waals surface area (Å²) in [6, 6.07) is 11.9. The van der Waals surface area contributed by atoms with Crippen LogP contribution in [-0.2, 0) is 17.6 Å². The highest BCUT2D eigenvalue weighted by atomic mass is 79.9. The number of rotatable bonds is 8. The maximum atomic E-state index is 12.2. The first kappa shape index (κ1) is 20.0. The van der Waals surface area contributed by atoms with Gasteiger partial charge in [0.05, 0.1) is 5.69 Å². The lowest BCUT2D eigenvalue weighted by Crippen LogP contribution is -2.20. The molecule has 0 radical (unpaired) electrons. The maximum Gasteiger partial charge on any atom is 0.262 e. The van der Waals surface area contributed by atoms with Crippen molar-refractivity contribution in [2.45, 2.75) is 39.5 Å². The third-order valence-corrected chi connectivity index (χ3v) is 5.04. The van der Waals surface area contributed by atoms with Crippen LogP contribution in [0.1, 0.15) is 37.8 Å². The Balaban J connectivity index is 1.94. The molecule has 3 nitrogen and oxygen atoms in total. The topological polar surface area (TPSA) is 38.3 Å². The number of ether oxygens (including phenoxy) is 1. The van der Waals surface area contributed by atoms with Crippen LogP contribution >= 0.6 is 31.9 Å². The van der Waals surface area contributed by atoms with Crippen molar-refractivity contribution in [2.75, 3.05) is 11.9 Å². The zero-order valence-corrected chi connectivity index (χ0v) is 17.7. The number of hydrogen-bond donors (Lipinski definition) is 1. The molecule has 0 aliphatic carbocycles. The number of halogens is 2. The van der Waals surface area contributed by atoms with E-state index in [9.17, 15) is 4.79 Å². The molecule has 0 saturated carbocycles. The van der Waals surface area contributed by atoms with Crippen molar-refractivity contribution < 1.29 is 9.53 Å². The van der Waals surface area contributed by atoms with Gasteiger partial charge in [-0.15, -0.1) is 0 Å². The van der Waals surface area contributed by atoms with E-state index in [0.717, 1.165) is 38.8 Å². The van der Waals surface area contributed by atoms with Gasteiger partial charge in [0.2, 0.25) is 0 Å². The van der Waals surface area contributed by atoms with Gasteiger partial charge in [0, 0.05) is 8.95 Å². The molecule has 0 heterocycles. The number of carbonyl (C=O) groups excluding carboxylic acids is 1. The minimum absolute atomic E-state index is 0.0152. The highest BCUT2D eigenvalue weighted by Crippen LogP contribution is 2.25. The fraction of sp³-hybridized carbons (Fsp3) is 0.350. The van der Waals surface area contributed by atoms with Gasteiger partial charge in [-0.1, -0.05) is 42.3 Å². The van der Waals surface area contributed by atoms with Gasteiger partial charge in [-0.05, 0) is 76.7 Å². The Bertz CT molecular complexity index is 732. The Labute approximate surface area is 166 Å². The molecule has 0 unspecified atom stereocenters. The zero-order valence-electron chi connectivity index (χ0n) is 14.6. The SMILES string of the molecule is CCCCc1ccc(NC(=O)COc2ccc(Br)cc2CC)c(Br)c1. The van der Waals surface area contributed by atoms with E-state index in [2.05, 4.69) is 63.2 Å². The number of carbonyl (C=O) groups is 1. The molecular formula is C20H23Br2NO2. The van der Waals surface area contributed by atoms with Crippen molar-refractivity contribution in [3.63, 3.8) is 0 Å². The quantitative estimate of drug-likeness (QED) is 0.505. The molecule has 0 atom stereocenters. The van der Waals surface area contributed by atoms with Crippen LogP contribution in [0.15, 0.2) is 45.3 Å². The third kappa shape index (κ3) is 6.15. The highest BCUT2D eigenvalue weighted by molar-refractivity contribution is 9.10. The average Bonchev–Trinajstić information content (AvgIpc) is 2.60. The second-order valence-electron chi connectivity index (χ2n) is 5.86. The maximum absolute atomic E-state index is 12.2. The highest BCUT2D eigenvalue weighted by Gasteiger charge is 2.09. The Morgan fingerprint density at radius 2 is 1.92 bits per heavy atom. The van der Waals surface area contributed by atoms with Crippen LogP contribution < -0.4 is 10.1 Å². The van der Waals surface area contributed by atoms with Crippen molar-refractivity contribution in [2.24, 2.45) is 0 Å². The predicted octanol–water partition coefficient (Wildman–Crippen LogP) is 6.13. The number of benzene rings is 2. The molecule has 0 aliphatic heterocycles. The normalized spacial score (nSPS) is 10.6. The molecule has 2 rings (SSSR count). The molecule has 2 aromatic carbocycles. The van der Waals surface area contributed by atoms with E-state index in [1.165, 1.54) is 18.4 Å². The lowest BCUT2D eigenvalue weighted by molar-refractivity contribution is -0.118. The molecule has 25 heavy (non-hydrogen) atoms. The summed E-state index contributed by atoms with van der Waals surface area (Å²) in [6.07, 6.45) is 4.24. The molecule has 0 fully saturated rings. The minimum atomic E-state index is -0.174. The number of aryl methyl sites for hydroxylation is 2. The zero-order chi connectivity index (χ0) is 18.2. The molecule has 134 valence electrons. The van der Waals surface area contributed by atoms with Gasteiger partial charge in [0.1, 0.15) is 5.75 Å². The van der Waals surface area contributed by atoms with Gasteiger partial charge < -0.3 is 10.1 Å². The molecule has 0 bridgehead atoms. The van der Waals surface area contributed by atoms with Gasteiger partial charge in [-0.2, -0.15) is 0 Å². The first-order valence-electron chi connectivity index (χ1n) is 8.53. The summed E-state index contributed by atoms with van der Waals surface area (Å²) in [5, 5.41) is 2.89. The van der Waals surface area contributed by atoms with E-state index in [1.54, 1.807) is 0 Å². The predicted molar refractivity (Wildman–Crippen MR) is 110 cm³/mol. The van der Waals surface area contributed by atoms with Gasteiger partial charge in [0.15, 0.2) is 6.61 Å². The van der Waals surface area contributed by atoms with Crippen molar-refractivity contribution in [3.05, 3.63) is 56.5 Å². The van der Waals surface area contributed by atoms with Crippen LogP contribution in [0, 0.1) is 0 Å². The third-order valence-electron chi connectivity index (χ3n) is 3.89. The number of anilines is 1. The fourth-order valence-electron chi connectivity index (χ4n) is 2.49. The molecule has 5 heteroatoms. The first-order chi connectivity index (χ1) is 12.0. The number of hydrogen-bond acceptors (Lipinski definition) is 2. The van der Waals surface area contributed by atoms with E-state index < -0.39 is 0 Å². The summed E-state index contributed by atoms with van der Waals surface area (Å²) in [4.78, 5) is 12.2. The van der Waals surface area contributed by atoms with Crippen LogP contribution in [0.25, 0.3) is 0 Å². The van der Waals surface area contributed by atoms with E-state index in [0.29, 0.717) is 0 Å². The molecular weight excluding hydrogens is 446 g/mol. The van der Waals surface area contributed by atoms with Crippen LogP contribution in [0.2, 0.25) is 0 Å². The van der Waals surface area contributed by atoms with Crippen molar-refractivity contribution in [1.82, 2.24) is 0 Å². The lowest BCUT2D eigenvalue weighted by atomic mass is 10.1.